The molecule has 0 saturated heterocycles. The summed E-state index contributed by atoms with van der Waals surface area (Å²) in [7, 11) is 1.57. The Hall–Kier alpha value is -3.49. The molecule has 0 bridgehead atoms. The molecule has 3 heterocycles. The molecule has 3 aromatic heterocycles. The third kappa shape index (κ3) is 4.72. The highest BCUT2D eigenvalue weighted by molar-refractivity contribution is 7.99. The Bertz CT molecular complexity index is 1590. The Balaban J connectivity index is 1.55. The number of ketones is 1. The van der Waals surface area contributed by atoms with Gasteiger partial charge in [-0.05, 0) is 41.8 Å². The predicted octanol–water partition coefficient (Wildman–Crippen LogP) is 5.60. The summed E-state index contributed by atoms with van der Waals surface area (Å²) in [4.78, 5) is 36.6. The molecule has 5 aromatic rings. The highest BCUT2D eigenvalue weighted by Crippen LogP contribution is 2.31. The molecule has 0 fully saturated rings. The van der Waals surface area contributed by atoms with Crippen LogP contribution in [0.25, 0.3) is 20.4 Å². The van der Waals surface area contributed by atoms with Crippen LogP contribution < -0.4 is 10.3 Å². The third-order valence-corrected chi connectivity index (χ3v) is 7.88. The number of thiophene rings is 1. The molecular formula is C27H23N3O3S2. The summed E-state index contributed by atoms with van der Waals surface area (Å²) in [5.41, 5.74) is 3.33. The van der Waals surface area contributed by atoms with E-state index in [0.717, 1.165) is 22.2 Å². The van der Waals surface area contributed by atoms with E-state index in [4.69, 9.17) is 9.72 Å². The van der Waals surface area contributed by atoms with Gasteiger partial charge in [0.1, 0.15) is 15.3 Å². The van der Waals surface area contributed by atoms with Crippen molar-refractivity contribution < 1.29 is 9.53 Å². The summed E-state index contributed by atoms with van der Waals surface area (Å²) in [6, 6.07) is 19.1. The molecule has 0 N–H and O–H groups in total. The zero-order valence-corrected chi connectivity index (χ0v) is 21.0. The number of ether oxygens (including phenoxy) is 1. The molecule has 8 heteroatoms. The minimum absolute atomic E-state index is 0.0565. The normalized spacial score (nSPS) is 11.3. The fraction of sp³-hybridized carbons (Fsp3) is 0.185. The first kappa shape index (κ1) is 23.3. The van der Waals surface area contributed by atoms with E-state index in [2.05, 4.69) is 24.0 Å². The van der Waals surface area contributed by atoms with E-state index in [-0.39, 0.29) is 17.1 Å². The summed E-state index contributed by atoms with van der Waals surface area (Å²) in [5, 5.41) is 1.37. The van der Waals surface area contributed by atoms with Crippen molar-refractivity contribution in [3.8, 4) is 5.75 Å². The monoisotopic (exact) mass is 501 g/mol. The van der Waals surface area contributed by atoms with E-state index in [1.807, 2.05) is 24.3 Å². The number of rotatable bonds is 8. The number of benzene rings is 2. The van der Waals surface area contributed by atoms with Gasteiger partial charge in [0.15, 0.2) is 10.9 Å². The van der Waals surface area contributed by atoms with Crippen LogP contribution >= 0.6 is 23.1 Å². The van der Waals surface area contributed by atoms with E-state index >= 15 is 0 Å². The molecule has 0 aliphatic heterocycles. The van der Waals surface area contributed by atoms with Crippen LogP contribution in [0, 0.1) is 0 Å². The standard InChI is InChI=1S/C27H23N3O3S2/c1-3-17-9-11-18(12-10-17)15-30-26(32)24-23(21-8-5-13-28-25(21)35-24)29-27(30)34-16-22(31)19-6-4-7-20(14-19)33-2/h4-14H,3,15-16H2,1-2H3. The van der Waals surface area contributed by atoms with Gasteiger partial charge in [0.05, 0.1) is 24.9 Å². The number of Topliss-reactive ketones (excluding diaryl/α,β-unsaturated/α-hetero) is 1. The molecule has 0 amide bonds. The van der Waals surface area contributed by atoms with Crippen LogP contribution in [0.5, 0.6) is 5.75 Å². The highest BCUT2D eigenvalue weighted by atomic mass is 32.2. The molecule has 0 unspecified atom stereocenters. The number of thioether (sulfide) groups is 1. The Kier molecular flexibility index (Phi) is 6.66. The number of pyridine rings is 1. The molecule has 6 nitrogen and oxygen atoms in total. The maximum Gasteiger partial charge on any atom is 0.272 e. The Morgan fingerprint density at radius 2 is 1.89 bits per heavy atom. The predicted molar refractivity (Wildman–Crippen MR) is 142 cm³/mol. The molecule has 2 aromatic carbocycles. The minimum Gasteiger partial charge on any atom is -0.497 e. The summed E-state index contributed by atoms with van der Waals surface area (Å²) in [5.74, 6) is 0.726. The average Bonchev–Trinajstić information content (AvgIpc) is 3.28. The van der Waals surface area contributed by atoms with Crippen molar-refractivity contribution in [3.05, 3.63) is 93.9 Å². The van der Waals surface area contributed by atoms with Gasteiger partial charge >= 0.3 is 0 Å². The zero-order valence-electron chi connectivity index (χ0n) is 19.4. The fourth-order valence-corrected chi connectivity index (χ4v) is 5.78. The van der Waals surface area contributed by atoms with Gasteiger partial charge in [-0.3, -0.25) is 14.2 Å². The van der Waals surface area contributed by atoms with Crippen LogP contribution in [0.2, 0.25) is 0 Å². The van der Waals surface area contributed by atoms with Crippen LogP contribution in [0.15, 0.2) is 76.8 Å². The molecule has 0 radical (unpaired) electrons. The SMILES string of the molecule is CCc1ccc(Cn2c(SCC(=O)c3cccc(OC)c3)nc3c(sc4ncccc43)c2=O)cc1. The van der Waals surface area contributed by atoms with Crippen molar-refractivity contribution >= 4 is 49.3 Å². The molecular weight excluding hydrogens is 478 g/mol. The maximum absolute atomic E-state index is 13.6. The molecule has 176 valence electrons. The first-order valence-electron chi connectivity index (χ1n) is 11.2. The van der Waals surface area contributed by atoms with Gasteiger partial charge in [0, 0.05) is 17.1 Å². The number of fused-ring (bicyclic) bond motifs is 3. The first-order chi connectivity index (χ1) is 17.1. The van der Waals surface area contributed by atoms with Gasteiger partial charge in [0.25, 0.3) is 5.56 Å². The molecule has 5 rings (SSSR count). The molecule has 0 aliphatic rings. The van der Waals surface area contributed by atoms with Gasteiger partial charge in [-0.15, -0.1) is 11.3 Å². The Morgan fingerprint density at radius 1 is 1.09 bits per heavy atom. The maximum atomic E-state index is 13.6. The summed E-state index contributed by atoms with van der Waals surface area (Å²) < 4.78 is 7.49. The van der Waals surface area contributed by atoms with Crippen LogP contribution in [-0.2, 0) is 13.0 Å². The number of carbonyl (C=O) groups is 1. The lowest BCUT2D eigenvalue weighted by Crippen LogP contribution is -2.23. The largest absolute Gasteiger partial charge is 0.497 e. The third-order valence-electron chi connectivity index (χ3n) is 5.81. The zero-order chi connectivity index (χ0) is 24.4. The van der Waals surface area contributed by atoms with Crippen molar-refractivity contribution in [3.63, 3.8) is 0 Å². The Morgan fingerprint density at radius 3 is 2.66 bits per heavy atom. The van der Waals surface area contributed by atoms with Crippen LogP contribution in [0.4, 0.5) is 0 Å². The van der Waals surface area contributed by atoms with Gasteiger partial charge in [-0.25, -0.2) is 9.97 Å². The number of aryl methyl sites for hydroxylation is 1. The first-order valence-corrected chi connectivity index (χ1v) is 13.0. The van der Waals surface area contributed by atoms with Crippen LogP contribution in [-0.4, -0.2) is 33.2 Å². The second kappa shape index (κ2) is 10.0. The second-order valence-corrected chi connectivity index (χ2v) is 9.98. The molecule has 35 heavy (non-hydrogen) atoms. The average molecular weight is 502 g/mol. The molecule has 0 aliphatic carbocycles. The summed E-state index contributed by atoms with van der Waals surface area (Å²) >= 11 is 2.63. The van der Waals surface area contributed by atoms with E-state index in [9.17, 15) is 9.59 Å². The quantitative estimate of drug-likeness (QED) is 0.157. The molecule has 0 saturated carbocycles. The van der Waals surface area contributed by atoms with E-state index in [1.54, 1.807) is 42.1 Å². The summed E-state index contributed by atoms with van der Waals surface area (Å²) in [6.45, 7) is 2.49. The number of aromatic nitrogens is 3. The highest BCUT2D eigenvalue weighted by Gasteiger charge is 2.18. The van der Waals surface area contributed by atoms with Crippen LogP contribution in [0.1, 0.15) is 28.4 Å². The van der Waals surface area contributed by atoms with Crippen molar-refractivity contribution in [2.24, 2.45) is 0 Å². The smallest absolute Gasteiger partial charge is 0.272 e. The number of nitrogens with zero attached hydrogens (tertiary/aromatic N) is 3. The van der Waals surface area contributed by atoms with Crippen LogP contribution in [0.3, 0.4) is 0 Å². The minimum atomic E-state index is -0.117. The number of hydrogen-bond acceptors (Lipinski definition) is 7. The van der Waals surface area contributed by atoms with E-state index in [0.29, 0.717) is 33.2 Å². The lowest BCUT2D eigenvalue weighted by Gasteiger charge is -2.12. The molecule has 0 spiro atoms. The second-order valence-electron chi connectivity index (χ2n) is 8.04. The lowest BCUT2D eigenvalue weighted by molar-refractivity contribution is 0.102. The number of carbonyl (C=O) groups excluding carboxylic acids is 1. The van der Waals surface area contributed by atoms with Gasteiger partial charge < -0.3 is 4.74 Å². The summed E-state index contributed by atoms with van der Waals surface area (Å²) in [6.07, 6.45) is 2.67. The fourth-order valence-electron chi connectivity index (χ4n) is 3.86. The van der Waals surface area contributed by atoms with Crippen molar-refractivity contribution in [2.75, 3.05) is 12.9 Å². The molecule has 0 atom stereocenters. The van der Waals surface area contributed by atoms with Crippen molar-refractivity contribution in [1.82, 2.24) is 14.5 Å². The van der Waals surface area contributed by atoms with Gasteiger partial charge in [0.2, 0.25) is 0 Å². The van der Waals surface area contributed by atoms with Gasteiger partial charge in [-0.1, -0.05) is 55.1 Å². The van der Waals surface area contributed by atoms with Crippen molar-refractivity contribution in [1.29, 1.82) is 0 Å². The number of methoxy groups -OCH3 is 1. The van der Waals surface area contributed by atoms with E-state index < -0.39 is 0 Å². The van der Waals surface area contributed by atoms with Gasteiger partial charge in [-0.2, -0.15) is 0 Å². The lowest BCUT2D eigenvalue weighted by atomic mass is 10.1. The van der Waals surface area contributed by atoms with Crippen molar-refractivity contribution in [2.45, 2.75) is 25.0 Å². The number of hydrogen-bond donors (Lipinski definition) is 0. The van der Waals surface area contributed by atoms with E-state index in [1.165, 1.54) is 28.7 Å². The topological polar surface area (TPSA) is 74.1 Å². The Labute approximate surface area is 210 Å².